The van der Waals surface area contributed by atoms with Gasteiger partial charge in [0, 0.05) is 25.5 Å². The van der Waals surface area contributed by atoms with Crippen LogP contribution in [0.4, 0.5) is 5.69 Å². The quantitative estimate of drug-likeness (QED) is 0.895. The van der Waals surface area contributed by atoms with Gasteiger partial charge >= 0.3 is 0 Å². The molecule has 114 valence electrons. The van der Waals surface area contributed by atoms with E-state index in [4.69, 9.17) is 4.74 Å². The van der Waals surface area contributed by atoms with E-state index in [1.54, 1.807) is 0 Å². The number of nitrogens with one attached hydrogen (secondary N) is 1. The summed E-state index contributed by atoms with van der Waals surface area (Å²) in [5.41, 5.74) is 1.64. The van der Waals surface area contributed by atoms with Crippen LogP contribution >= 0.6 is 0 Å². The number of amides is 1. The number of rotatable bonds is 4. The number of hydrogen-bond donors (Lipinski definition) is 2. The van der Waals surface area contributed by atoms with Crippen molar-refractivity contribution >= 4 is 11.6 Å². The number of benzene rings is 1. The maximum absolute atomic E-state index is 12.8. The molecular weight excluding hydrogens is 266 g/mol. The third-order valence-electron chi connectivity index (χ3n) is 5.26. The molecule has 1 amide bonds. The van der Waals surface area contributed by atoms with Crippen molar-refractivity contribution in [2.24, 2.45) is 10.8 Å². The fourth-order valence-corrected chi connectivity index (χ4v) is 3.82. The highest BCUT2D eigenvalue weighted by Crippen LogP contribution is 2.70. The molecule has 1 spiro atoms. The maximum Gasteiger partial charge on any atom is 0.231 e. The first-order valence-electron chi connectivity index (χ1n) is 7.69. The zero-order valence-corrected chi connectivity index (χ0v) is 12.5. The van der Waals surface area contributed by atoms with E-state index in [1.165, 1.54) is 5.56 Å². The lowest BCUT2D eigenvalue weighted by molar-refractivity contribution is -0.124. The largest absolute Gasteiger partial charge is 0.396 e. The summed E-state index contributed by atoms with van der Waals surface area (Å²) in [6.07, 6.45) is 3.27. The third kappa shape index (κ3) is 2.47. The number of aryl methyl sites for hydroxylation is 1. The Balaban J connectivity index is 1.75. The molecule has 4 heteroatoms. The van der Waals surface area contributed by atoms with Gasteiger partial charge in [-0.15, -0.1) is 0 Å². The number of ether oxygens (including phenoxy) is 1. The number of carbonyl (C=O) groups is 1. The van der Waals surface area contributed by atoms with Crippen molar-refractivity contribution in [1.29, 1.82) is 0 Å². The molecule has 21 heavy (non-hydrogen) atoms. The maximum atomic E-state index is 12.8. The second-order valence-corrected chi connectivity index (χ2v) is 6.45. The molecule has 1 aliphatic carbocycles. The van der Waals surface area contributed by atoms with Crippen LogP contribution in [-0.4, -0.2) is 30.8 Å². The average molecular weight is 289 g/mol. The summed E-state index contributed by atoms with van der Waals surface area (Å²) < 4.78 is 5.43. The number of carbonyl (C=O) groups excluding carboxylic acids is 1. The fourth-order valence-electron chi connectivity index (χ4n) is 3.82. The van der Waals surface area contributed by atoms with Crippen molar-refractivity contribution in [2.45, 2.75) is 32.6 Å². The first kappa shape index (κ1) is 14.5. The summed E-state index contributed by atoms with van der Waals surface area (Å²) in [4.78, 5) is 12.8. The van der Waals surface area contributed by atoms with E-state index in [9.17, 15) is 9.90 Å². The van der Waals surface area contributed by atoms with Gasteiger partial charge in [0.25, 0.3) is 0 Å². The van der Waals surface area contributed by atoms with Gasteiger partial charge in [0.15, 0.2) is 0 Å². The van der Waals surface area contributed by atoms with E-state index in [0.29, 0.717) is 6.42 Å². The Hall–Kier alpha value is -1.39. The second kappa shape index (κ2) is 5.43. The van der Waals surface area contributed by atoms with Crippen molar-refractivity contribution < 1.29 is 14.6 Å². The van der Waals surface area contributed by atoms with Crippen molar-refractivity contribution in [2.75, 3.05) is 25.1 Å². The molecule has 2 N–H and O–H groups in total. The summed E-state index contributed by atoms with van der Waals surface area (Å²) in [5, 5.41) is 12.4. The fraction of sp³-hybridized carbons (Fsp3) is 0.588. The van der Waals surface area contributed by atoms with Crippen molar-refractivity contribution in [3.63, 3.8) is 0 Å². The number of aliphatic hydroxyl groups is 1. The van der Waals surface area contributed by atoms with Gasteiger partial charge in [-0.25, -0.2) is 0 Å². The Morgan fingerprint density at radius 1 is 1.29 bits per heavy atom. The van der Waals surface area contributed by atoms with Gasteiger partial charge in [-0.2, -0.15) is 0 Å². The molecule has 0 radical (unpaired) electrons. The first-order valence-corrected chi connectivity index (χ1v) is 7.69. The lowest BCUT2D eigenvalue weighted by Crippen LogP contribution is -2.33. The van der Waals surface area contributed by atoms with Crippen LogP contribution < -0.4 is 5.32 Å². The van der Waals surface area contributed by atoms with Crippen LogP contribution in [0.5, 0.6) is 0 Å². The van der Waals surface area contributed by atoms with Crippen molar-refractivity contribution in [3.8, 4) is 0 Å². The molecule has 1 saturated heterocycles. The first-order chi connectivity index (χ1) is 10.1. The van der Waals surface area contributed by atoms with Crippen molar-refractivity contribution in [3.05, 3.63) is 29.8 Å². The predicted octanol–water partition coefficient (Wildman–Crippen LogP) is 2.50. The van der Waals surface area contributed by atoms with Gasteiger partial charge in [-0.05, 0) is 50.2 Å². The Labute approximate surface area is 125 Å². The van der Waals surface area contributed by atoms with Gasteiger partial charge in [0.05, 0.1) is 5.41 Å². The van der Waals surface area contributed by atoms with Crippen LogP contribution in [-0.2, 0) is 9.53 Å². The Bertz CT molecular complexity index is 519. The molecule has 3 rings (SSSR count). The Morgan fingerprint density at radius 3 is 2.57 bits per heavy atom. The van der Waals surface area contributed by atoms with E-state index < -0.39 is 5.41 Å². The molecule has 4 nitrogen and oxygen atoms in total. The zero-order chi connectivity index (χ0) is 14.9. The summed E-state index contributed by atoms with van der Waals surface area (Å²) in [6.45, 7) is 3.54. The Morgan fingerprint density at radius 2 is 1.95 bits per heavy atom. The lowest BCUT2D eigenvalue weighted by Gasteiger charge is -2.28. The zero-order valence-electron chi connectivity index (χ0n) is 12.5. The van der Waals surface area contributed by atoms with Gasteiger partial charge in [0.1, 0.15) is 0 Å². The third-order valence-corrected chi connectivity index (χ3v) is 5.26. The van der Waals surface area contributed by atoms with Crippen molar-refractivity contribution in [1.82, 2.24) is 0 Å². The topological polar surface area (TPSA) is 58.6 Å². The predicted molar refractivity (Wildman–Crippen MR) is 81.0 cm³/mol. The standard InChI is InChI=1S/C17H23NO3/c1-13-2-4-14(5-3-13)18-15(20)17(6-9-19)12-16(17)7-10-21-11-8-16/h2-5,19H,6-12H2,1H3,(H,18,20). The normalized spacial score (nSPS) is 26.6. The average Bonchev–Trinajstić information content (AvgIpc) is 3.10. The van der Waals surface area contributed by atoms with Gasteiger partial charge in [-0.1, -0.05) is 17.7 Å². The molecule has 0 bridgehead atoms. The summed E-state index contributed by atoms with van der Waals surface area (Å²) in [6, 6.07) is 7.84. The van der Waals surface area contributed by atoms with Gasteiger partial charge in [0.2, 0.25) is 5.91 Å². The lowest BCUT2D eigenvalue weighted by atomic mass is 9.83. The van der Waals surface area contributed by atoms with Crippen LogP contribution in [0.1, 0.15) is 31.2 Å². The second-order valence-electron chi connectivity index (χ2n) is 6.45. The Kier molecular flexibility index (Phi) is 3.76. The smallest absolute Gasteiger partial charge is 0.231 e. The molecule has 1 saturated carbocycles. The molecule has 1 aromatic carbocycles. The molecule has 1 aromatic rings. The van der Waals surface area contributed by atoms with Crippen LogP contribution in [0.15, 0.2) is 24.3 Å². The van der Waals surface area contributed by atoms with Crippen LogP contribution in [0.3, 0.4) is 0 Å². The number of aliphatic hydroxyl groups excluding tert-OH is 1. The molecule has 0 aromatic heterocycles. The van der Waals surface area contributed by atoms with E-state index in [2.05, 4.69) is 5.32 Å². The minimum Gasteiger partial charge on any atom is -0.396 e. The molecule has 1 heterocycles. The highest BCUT2D eigenvalue weighted by atomic mass is 16.5. The summed E-state index contributed by atoms with van der Waals surface area (Å²) in [5.74, 6) is 0.0577. The van der Waals surface area contributed by atoms with Crippen LogP contribution in [0.25, 0.3) is 0 Å². The van der Waals surface area contributed by atoms with Gasteiger partial charge < -0.3 is 15.2 Å². The summed E-state index contributed by atoms with van der Waals surface area (Å²) >= 11 is 0. The number of anilines is 1. The highest BCUT2D eigenvalue weighted by Gasteiger charge is 2.70. The number of hydrogen-bond acceptors (Lipinski definition) is 3. The molecule has 2 aliphatic rings. The highest BCUT2D eigenvalue weighted by molar-refractivity contribution is 5.98. The molecule has 1 unspecified atom stereocenters. The minimum absolute atomic E-state index is 0.0444. The minimum atomic E-state index is -0.406. The van der Waals surface area contributed by atoms with Gasteiger partial charge in [-0.3, -0.25) is 4.79 Å². The SMILES string of the molecule is Cc1ccc(NC(=O)C2(CCO)CC23CCOCC3)cc1. The van der Waals surface area contributed by atoms with E-state index in [1.807, 2.05) is 31.2 Å². The van der Waals surface area contributed by atoms with Crippen LogP contribution in [0.2, 0.25) is 0 Å². The monoisotopic (exact) mass is 289 g/mol. The van der Waals surface area contributed by atoms with E-state index in [-0.39, 0.29) is 17.9 Å². The molecular formula is C17H23NO3. The van der Waals surface area contributed by atoms with Crippen LogP contribution in [0, 0.1) is 17.8 Å². The summed E-state index contributed by atoms with van der Waals surface area (Å²) in [7, 11) is 0. The molecule has 1 aliphatic heterocycles. The molecule has 2 fully saturated rings. The molecule has 1 atom stereocenters. The van der Waals surface area contributed by atoms with E-state index >= 15 is 0 Å². The van der Waals surface area contributed by atoms with E-state index in [0.717, 1.165) is 38.2 Å².